The topological polar surface area (TPSA) is 21.5 Å². The number of rotatable bonds is 0. The van der Waals surface area contributed by atoms with Gasteiger partial charge in [0.05, 0.1) is 13.6 Å². The van der Waals surface area contributed by atoms with E-state index in [-0.39, 0.29) is 6.04 Å². The molecule has 10 heavy (non-hydrogen) atoms. The Kier molecular flexibility index (Phi) is 2.09. The Labute approximate surface area is 62.2 Å². The van der Waals surface area contributed by atoms with Crippen LogP contribution in [0.1, 0.15) is 20.3 Å². The van der Waals surface area contributed by atoms with Crippen molar-refractivity contribution in [2.24, 2.45) is 5.92 Å². The highest BCUT2D eigenvalue weighted by molar-refractivity contribution is 5.82. The summed E-state index contributed by atoms with van der Waals surface area (Å²) in [4.78, 5) is 12.6. The van der Waals surface area contributed by atoms with Gasteiger partial charge in [-0.2, -0.15) is 0 Å². The fourth-order valence-electron chi connectivity index (χ4n) is 1.59. The van der Waals surface area contributed by atoms with E-state index in [1.807, 2.05) is 6.92 Å². The van der Waals surface area contributed by atoms with Crippen LogP contribution in [0.15, 0.2) is 0 Å². The lowest BCUT2D eigenvalue weighted by molar-refractivity contribution is -0.900. The van der Waals surface area contributed by atoms with Crippen molar-refractivity contribution in [3.8, 4) is 0 Å². The van der Waals surface area contributed by atoms with E-state index in [0.717, 1.165) is 13.0 Å². The lowest BCUT2D eigenvalue weighted by atomic mass is 9.94. The fraction of sp³-hybridized carbons (Fsp3) is 0.875. The van der Waals surface area contributed by atoms with Gasteiger partial charge in [-0.1, -0.05) is 6.92 Å². The molecule has 1 rings (SSSR count). The van der Waals surface area contributed by atoms with Gasteiger partial charge in [0.25, 0.3) is 0 Å². The van der Waals surface area contributed by atoms with Crippen molar-refractivity contribution in [3.63, 3.8) is 0 Å². The Morgan fingerprint density at radius 3 is 2.60 bits per heavy atom. The predicted molar refractivity (Wildman–Crippen MR) is 40.0 cm³/mol. The highest BCUT2D eigenvalue weighted by Crippen LogP contribution is 2.05. The summed E-state index contributed by atoms with van der Waals surface area (Å²) in [5.74, 6) is 1.01. The lowest BCUT2D eigenvalue weighted by Gasteiger charge is -2.28. The van der Waals surface area contributed by atoms with Crippen molar-refractivity contribution in [1.82, 2.24) is 0 Å². The zero-order chi connectivity index (χ0) is 7.72. The van der Waals surface area contributed by atoms with Crippen molar-refractivity contribution in [2.75, 3.05) is 13.6 Å². The SMILES string of the molecule is C[C@@H]1CC(=O)[C@@H](C)[NH+](C)C1. The molecule has 0 radical (unpaired) electrons. The molecule has 2 heteroatoms. The van der Waals surface area contributed by atoms with Gasteiger partial charge in [0.2, 0.25) is 0 Å². The Balaban J connectivity index is 2.57. The molecule has 0 amide bonds. The third-order valence-electron chi connectivity index (χ3n) is 2.44. The first kappa shape index (κ1) is 7.73. The number of hydrogen-bond acceptors (Lipinski definition) is 1. The van der Waals surface area contributed by atoms with Crippen LogP contribution in [0.5, 0.6) is 0 Å². The molecule has 0 aromatic rings. The maximum absolute atomic E-state index is 11.2. The van der Waals surface area contributed by atoms with Crippen LogP contribution in [0.25, 0.3) is 0 Å². The summed E-state index contributed by atoms with van der Waals surface area (Å²) in [6.07, 6.45) is 0.790. The average Bonchev–Trinajstić information content (AvgIpc) is 1.82. The zero-order valence-electron chi connectivity index (χ0n) is 6.98. The molecule has 1 aliphatic heterocycles. The summed E-state index contributed by atoms with van der Waals surface area (Å²) >= 11 is 0. The van der Waals surface area contributed by atoms with Gasteiger partial charge >= 0.3 is 0 Å². The number of carbonyl (C=O) groups is 1. The normalized spacial score (nSPS) is 41.9. The second-order valence-electron chi connectivity index (χ2n) is 3.55. The van der Waals surface area contributed by atoms with Crippen LogP contribution >= 0.6 is 0 Å². The minimum Gasteiger partial charge on any atom is -0.329 e. The highest BCUT2D eigenvalue weighted by Gasteiger charge is 2.30. The van der Waals surface area contributed by atoms with E-state index >= 15 is 0 Å². The number of nitrogens with one attached hydrogen (secondary N) is 1. The number of hydrogen-bond donors (Lipinski definition) is 1. The molecule has 2 nitrogen and oxygen atoms in total. The van der Waals surface area contributed by atoms with Crippen molar-refractivity contribution in [2.45, 2.75) is 26.3 Å². The number of piperidine rings is 1. The van der Waals surface area contributed by atoms with Crippen molar-refractivity contribution < 1.29 is 9.69 Å². The van der Waals surface area contributed by atoms with E-state index in [1.54, 1.807) is 0 Å². The fourth-order valence-corrected chi connectivity index (χ4v) is 1.59. The quantitative estimate of drug-likeness (QED) is 0.484. The van der Waals surface area contributed by atoms with Crippen LogP contribution in [0.3, 0.4) is 0 Å². The Morgan fingerprint density at radius 2 is 2.10 bits per heavy atom. The standard InChI is InChI=1S/C8H15NO/c1-6-4-8(10)7(2)9(3)5-6/h6-7H,4-5H2,1-3H3/p+1/t6-,7-/m1/s1. The van der Waals surface area contributed by atoms with Gasteiger partial charge in [-0.15, -0.1) is 0 Å². The maximum atomic E-state index is 11.2. The van der Waals surface area contributed by atoms with E-state index < -0.39 is 0 Å². The Morgan fingerprint density at radius 1 is 1.50 bits per heavy atom. The Hall–Kier alpha value is -0.370. The van der Waals surface area contributed by atoms with Gasteiger partial charge in [-0.25, -0.2) is 0 Å². The number of Topliss-reactive ketones (excluding diaryl/α,β-unsaturated/α-hetero) is 1. The second kappa shape index (κ2) is 2.70. The summed E-state index contributed by atoms with van der Waals surface area (Å²) in [6, 6.07) is 0.233. The third kappa shape index (κ3) is 1.37. The van der Waals surface area contributed by atoms with E-state index in [2.05, 4.69) is 14.0 Å². The van der Waals surface area contributed by atoms with Gasteiger partial charge in [-0.05, 0) is 6.92 Å². The van der Waals surface area contributed by atoms with E-state index in [1.165, 1.54) is 4.90 Å². The van der Waals surface area contributed by atoms with E-state index in [4.69, 9.17) is 0 Å². The van der Waals surface area contributed by atoms with E-state index in [0.29, 0.717) is 11.7 Å². The lowest BCUT2D eigenvalue weighted by Crippen LogP contribution is -3.15. The highest BCUT2D eigenvalue weighted by atomic mass is 16.1. The van der Waals surface area contributed by atoms with Crippen molar-refractivity contribution in [3.05, 3.63) is 0 Å². The van der Waals surface area contributed by atoms with Gasteiger partial charge in [0.1, 0.15) is 6.04 Å². The van der Waals surface area contributed by atoms with Crippen LogP contribution in [-0.2, 0) is 4.79 Å². The summed E-state index contributed by atoms with van der Waals surface area (Å²) < 4.78 is 0. The molecular formula is C8H16NO+. The molecule has 0 saturated carbocycles. The van der Waals surface area contributed by atoms with E-state index in [9.17, 15) is 4.79 Å². The smallest absolute Gasteiger partial charge is 0.190 e. The summed E-state index contributed by atoms with van der Waals surface area (Å²) in [7, 11) is 2.10. The molecule has 1 fully saturated rings. The van der Waals surface area contributed by atoms with Crippen molar-refractivity contribution >= 4 is 5.78 Å². The van der Waals surface area contributed by atoms with Gasteiger partial charge in [-0.3, -0.25) is 4.79 Å². The molecule has 1 saturated heterocycles. The number of ketones is 1. The summed E-state index contributed by atoms with van der Waals surface area (Å²) in [5, 5.41) is 0. The zero-order valence-corrected chi connectivity index (χ0v) is 6.98. The molecule has 0 aromatic heterocycles. The maximum Gasteiger partial charge on any atom is 0.190 e. The Bertz CT molecular complexity index is 144. The molecule has 0 spiro atoms. The summed E-state index contributed by atoms with van der Waals surface area (Å²) in [6.45, 7) is 5.31. The van der Waals surface area contributed by atoms with Gasteiger partial charge in [0.15, 0.2) is 5.78 Å². The van der Waals surface area contributed by atoms with Crippen LogP contribution in [-0.4, -0.2) is 25.4 Å². The average molecular weight is 142 g/mol. The number of likely N-dealkylation sites (tertiary alicyclic amines) is 1. The largest absolute Gasteiger partial charge is 0.329 e. The van der Waals surface area contributed by atoms with Crippen LogP contribution < -0.4 is 4.90 Å². The number of likely N-dealkylation sites (N-methyl/N-ethyl adjacent to an activating group) is 1. The van der Waals surface area contributed by atoms with Gasteiger partial charge in [0, 0.05) is 12.3 Å². The monoisotopic (exact) mass is 142 g/mol. The molecule has 0 bridgehead atoms. The molecular weight excluding hydrogens is 126 g/mol. The predicted octanol–water partition coefficient (Wildman–Crippen LogP) is -0.501. The van der Waals surface area contributed by atoms with Crippen LogP contribution in [0.4, 0.5) is 0 Å². The molecule has 58 valence electrons. The molecule has 1 heterocycles. The molecule has 1 N–H and O–H groups in total. The minimum atomic E-state index is 0.233. The minimum absolute atomic E-state index is 0.233. The first-order valence-electron chi connectivity index (χ1n) is 3.96. The number of quaternary nitrogens is 1. The summed E-state index contributed by atoms with van der Waals surface area (Å²) in [5.41, 5.74) is 0. The molecule has 0 aliphatic carbocycles. The molecule has 1 aliphatic rings. The van der Waals surface area contributed by atoms with Gasteiger partial charge < -0.3 is 4.90 Å². The molecule has 3 atom stereocenters. The van der Waals surface area contributed by atoms with Crippen LogP contribution in [0.2, 0.25) is 0 Å². The first-order chi connectivity index (χ1) is 4.61. The molecule has 1 unspecified atom stereocenters. The van der Waals surface area contributed by atoms with Crippen molar-refractivity contribution in [1.29, 1.82) is 0 Å². The number of carbonyl (C=O) groups excluding carboxylic acids is 1. The first-order valence-corrected chi connectivity index (χ1v) is 3.96. The second-order valence-corrected chi connectivity index (χ2v) is 3.55. The third-order valence-corrected chi connectivity index (χ3v) is 2.44. The van der Waals surface area contributed by atoms with Crippen LogP contribution in [0, 0.1) is 5.92 Å². The molecule has 0 aromatic carbocycles.